The van der Waals surface area contributed by atoms with E-state index < -0.39 is 0 Å². The highest BCUT2D eigenvalue weighted by Gasteiger charge is 2.14. The third-order valence-corrected chi connectivity index (χ3v) is 3.98. The number of amides is 2. The number of hydrogen-bond acceptors (Lipinski definition) is 7. The highest BCUT2D eigenvalue weighted by Crippen LogP contribution is 2.19. The van der Waals surface area contributed by atoms with Gasteiger partial charge in [-0.05, 0) is 31.5 Å². The molecule has 1 heterocycles. The van der Waals surface area contributed by atoms with Gasteiger partial charge in [-0.3, -0.25) is 4.79 Å². The summed E-state index contributed by atoms with van der Waals surface area (Å²) in [5.74, 6) is -0.277. The molecule has 128 valence electrons. The van der Waals surface area contributed by atoms with Crippen LogP contribution in [0.2, 0.25) is 0 Å². The van der Waals surface area contributed by atoms with Gasteiger partial charge in [0, 0.05) is 5.69 Å². The topological polar surface area (TPSA) is 119 Å². The number of hydrogen-bond donors (Lipinski definition) is 3. The van der Waals surface area contributed by atoms with Crippen molar-refractivity contribution in [1.82, 2.24) is 15.5 Å². The molecule has 0 saturated heterocycles. The molecule has 24 heavy (non-hydrogen) atoms. The van der Waals surface area contributed by atoms with Crippen molar-refractivity contribution in [2.75, 3.05) is 17.7 Å². The van der Waals surface area contributed by atoms with Crippen molar-refractivity contribution in [3.05, 3.63) is 34.8 Å². The molecule has 1 aromatic heterocycles. The summed E-state index contributed by atoms with van der Waals surface area (Å²) in [6, 6.07) is 6.31. The standard InChI is InChI=1S/C15H19N5O3S/c1-3-23-12(21)8-10-4-6-11(7-5-10)18-15(22)17-9(2)13-19-20-14(16)24-13/h4-7,9H,3,8H2,1-2H3,(H2,16,20)(H2,17,18,22)/t9-/m1/s1. The van der Waals surface area contributed by atoms with E-state index in [1.165, 1.54) is 11.3 Å². The van der Waals surface area contributed by atoms with Gasteiger partial charge in [-0.25, -0.2) is 4.79 Å². The zero-order valence-electron chi connectivity index (χ0n) is 13.4. The van der Waals surface area contributed by atoms with Crippen LogP contribution in [0.4, 0.5) is 15.6 Å². The van der Waals surface area contributed by atoms with Crippen molar-refractivity contribution >= 4 is 34.2 Å². The van der Waals surface area contributed by atoms with Gasteiger partial charge in [0.05, 0.1) is 19.1 Å². The molecule has 0 aliphatic heterocycles. The van der Waals surface area contributed by atoms with Gasteiger partial charge in [0.1, 0.15) is 5.01 Å². The molecule has 2 rings (SSSR count). The van der Waals surface area contributed by atoms with Gasteiger partial charge >= 0.3 is 12.0 Å². The third kappa shape index (κ3) is 5.20. The maximum absolute atomic E-state index is 12.0. The molecule has 0 fully saturated rings. The van der Waals surface area contributed by atoms with Gasteiger partial charge in [0.15, 0.2) is 0 Å². The van der Waals surface area contributed by atoms with Gasteiger partial charge in [-0.1, -0.05) is 23.5 Å². The molecule has 8 nitrogen and oxygen atoms in total. The minimum absolute atomic E-state index is 0.204. The summed E-state index contributed by atoms with van der Waals surface area (Å²) >= 11 is 1.22. The van der Waals surface area contributed by atoms with Crippen LogP contribution in [0.15, 0.2) is 24.3 Å². The number of ether oxygens (including phenoxy) is 1. The molecular weight excluding hydrogens is 330 g/mol. The number of benzene rings is 1. The molecule has 0 aliphatic carbocycles. The lowest BCUT2D eigenvalue weighted by Crippen LogP contribution is -2.31. The lowest BCUT2D eigenvalue weighted by Gasteiger charge is -2.12. The zero-order valence-corrected chi connectivity index (χ0v) is 14.2. The predicted molar refractivity (Wildman–Crippen MR) is 91.7 cm³/mol. The third-order valence-electron chi connectivity index (χ3n) is 3.04. The Morgan fingerprint density at radius 3 is 2.58 bits per heavy atom. The molecule has 0 radical (unpaired) electrons. The number of urea groups is 1. The number of nitrogen functional groups attached to an aromatic ring is 1. The fourth-order valence-corrected chi connectivity index (χ4v) is 2.54. The van der Waals surface area contributed by atoms with E-state index in [-0.39, 0.29) is 24.5 Å². The fourth-order valence-electron chi connectivity index (χ4n) is 1.93. The highest BCUT2D eigenvalue weighted by atomic mass is 32.1. The van der Waals surface area contributed by atoms with E-state index in [2.05, 4.69) is 20.8 Å². The maximum Gasteiger partial charge on any atom is 0.319 e. The Hall–Kier alpha value is -2.68. The van der Waals surface area contributed by atoms with Crippen LogP contribution in [0.25, 0.3) is 0 Å². The average molecular weight is 349 g/mol. The molecule has 0 spiro atoms. The minimum Gasteiger partial charge on any atom is -0.466 e. The van der Waals surface area contributed by atoms with E-state index >= 15 is 0 Å². The number of rotatable bonds is 6. The molecule has 2 amide bonds. The summed E-state index contributed by atoms with van der Waals surface area (Å²) in [5.41, 5.74) is 6.95. The van der Waals surface area contributed by atoms with Crippen molar-refractivity contribution in [2.24, 2.45) is 0 Å². The molecule has 0 unspecified atom stereocenters. The largest absolute Gasteiger partial charge is 0.466 e. The van der Waals surface area contributed by atoms with Crippen LogP contribution in [0, 0.1) is 0 Å². The average Bonchev–Trinajstić information content (AvgIpc) is 2.96. The van der Waals surface area contributed by atoms with Crippen molar-refractivity contribution < 1.29 is 14.3 Å². The first-order valence-electron chi connectivity index (χ1n) is 7.39. The van der Waals surface area contributed by atoms with Crippen molar-refractivity contribution in [3.8, 4) is 0 Å². The van der Waals surface area contributed by atoms with Crippen LogP contribution in [0.5, 0.6) is 0 Å². The Morgan fingerprint density at radius 2 is 2.00 bits per heavy atom. The summed E-state index contributed by atoms with van der Waals surface area (Å²) in [4.78, 5) is 23.4. The molecule has 9 heteroatoms. The van der Waals surface area contributed by atoms with E-state index in [1.807, 2.05) is 0 Å². The first kappa shape index (κ1) is 17.7. The maximum atomic E-state index is 12.0. The monoisotopic (exact) mass is 349 g/mol. The quantitative estimate of drug-likeness (QED) is 0.687. The number of carbonyl (C=O) groups excluding carboxylic acids is 2. The molecule has 1 aromatic carbocycles. The normalized spacial score (nSPS) is 11.6. The number of aromatic nitrogens is 2. The lowest BCUT2D eigenvalue weighted by atomic mass is 10.1. The molecule has 2 aromatic rings. The van der Waals surface area contributed by atoms with Gasteiger partial charge < -0.3 is 21.1 Å². The number of esters is 1. The minimum atomic E-state index is -0.366. The fraction of sp³-hybridized carbons (Fsp3) is 0.333. The van der Waals surface area contributed by atoms with E-state index in [0.717, 1.165) is 5.56 Å². The van der Waals surface area contributed by atoms with Crippen LogP contribution in [0.1, 0.15) is 30.5 Å². The first-order valence-corrected chi connectivity index (χ1v) is 8.20. The first-order chi connectivity index (χ1) is 11.5. The summed E-state index contributed by atoms with van der Waals surface area (Å²) < 4.78 is 4.89. The zero-order chi connectivity index (χ0) is 17.5. The van der Waals surface area contributed by atoms with Gasteiger partial charge in [-0.15, -0.1) is 10.2 Å². The van der Waals surface area contributed by atoms with Gasteiger partial charge in [0.2, 0.25) is 5.13 Å². The molecule has 0 saturated carbocycles. The van der Waals surface area contributed by atoms with E-state index in [4.69, 9.17) is 10.5 Å². The number of nitrogens with two attached hydrogens (primary N) is 1. The van der Waals surface area contributed by atoms with E-state index in [0.29, 0.717) is 22.4 Å². The Kier molecular flexibility index (Phi) is 6.07. The van der Waals surface area contributed by atoms with Crippen molar-refractivity contribution in [3.63, 3.8) is 0 Å². The smallest absolute Gasteiger partial charge is 0.319 e. The number of anilines is 2. The molecule has 0 bridgehead atoms. The van der Waals surface area contributed by atoms with Gasteiger partial charge in [0.25, 0.3) is 0 Å². The number of nitrogens with one attached hydrogen (secondary N) is 2. The Labute approximate surface area is 143 Å². The molecule has 0 aliphatic rings. The van der Waals surface area contributed by atoms with E-state index in [9.17, 15) is 9.59 Å². The second-order valence-corrected chi connectivity index (χ2v) is 6.02. The Bertz CT molecular complexity index is 701. The SMILES string of the molecule is CCOC(=O)Cc1ccc(NC(=O)N[C@H](C)c2nnc(N)s2)cc1. The van der Waals surface area contributed by atoms with Gasteiger partial charge in [-0.2, -0.15) is 0 Å². The molecule has 4 N–H and O–H groups in total. The lowest BCUT2D eigenvalue weighted by molar-refractivity contribution is -0.142. The van der Waals surface area contributed by atoms with Crippen LogP contribution in [-0.2, 0) is 16.0 Å². The second-order valence-electron chi connectivity index (χ2n) is 4.98. The van der Waals surface area contributed by atoms with E-state index in [1.54, 1.807) is 38.1 Å². The Balaban J connectivity index is 1.86. The summed E-state index contributed by atoms with van der Waals surface area (Å²) in [6.45, 7) is 3.92. The summed E-state index contributed by atoms with van der Waals surface area (Å²) in [6.07, 6.45) is 0.204. The van der Waals surface area contributed by atoms with Crippen molar-refractivity contribution in [2.45, 2.75) is 26.3 Å². The van der Waals surface area contributed by atoms with Crippen LogP contribution in [-0.4, -0.2) is 28.8 Å². The molecule has 1 atom stereocenters. The van der Waals surface area contributed by atoms with Crippen LogP contribution >= 0.6 is 11.3 Å². The summed E-state index contributed by atoms with van der Waals surface area (Å²) in [5, 5.41) is 14.1. The van der Waals surface area contributed by atoms with Crippen LogP contribution < -0.4 is 16.4 Å². The van der Waals surface area contributed by atoms with Crippen LogP contribution in [0.3, 0.4) is 0 Å². The predicted octanol–water partition coefficient (Wildman–Crippen LogP) is 2.11. The number of carbonyl (C=O) groups is 2. The van der Waals surface area contributed by atoms with Crippen molar-refractivity contribution in [1.29, 1.82) is 0 Å². The summed E-state index contributed by atoms with van der Waals surface area (Å²) in [7, 11) is 0. The Morgan fingerprint density at radius 1 is 1.29 bits per heavy atom. The molecular formula is C15H19N5O3S. The highest BCUT2D eigenvalue weighted by molar-refractivity contribution is 7.15. The number of nitrogens with zero attached hydrogens (tertiary/aromatic N) is 2. The second kappa shape index (κ2) is 8.25.